The molecule has 1 saturated heterocycles. The summed E-state index contributed by atoms with van der Waals surface area (Å²) in [5.41, 5.74) is 0. The molecule has 1 aromatic rings. The van der Waals surface area contributed by atoms with Crippen LogP contribution in [0.15, 0.2) is 18.2 Å². The van der Waals surface area contributed by atoms with Crippen molar-refractivity contribution in [2.45, 2.75) is 38.8 Å². The lowest BCUT2D eigenvalue weighted by Gasteiger charge is -2.28. The summed E-state index contributed by atoms with van der Waals surface area (Å²) in [6, 6.07) is 5.87. The van der Waals surface area contributed by atoms with Gasteiger partial charge >= 0.3 is 0 Å². The average molecular weight is 249 g/mol. The van der Waals surface area contributed by atoms with Gasteiger partial charge in [0, 0.05) is 19.0 Å². The van der Waals surface area contributed by atoms with Crippen molar-refractivity contribution in [1.82, 2.24) is 10.3 Å². The molecule has 0 unspecified atom stereocenters. The normalized spacial score (nSPS) is 23.4. The number of aromatic nitrogens is 1. The third-order valence-electron chi connectivity index (χ3n) is 2.89. The number of nitrogens with one attached hydrogen (secondary N) is 2. The predicted octanol–water partition coefficient (Wildman–Crippen LogP) is 1.56. The number of nitrogens with zero attached hydrogens (tertiary/aromatic N) is 1. The molecule has 0 radical (unpaired) electrons. The summed E-state index contributed by atoms with van der Waals surface area (Å²) in [4.78, 5) is 15.2. The van der Waals surface area contributed by atoms with E-state index in [2.05, 4.69) is 22.5 Å². The highest BCUT2D eigenvalue weighted by Gasteiger charge is 2.20. The number of anilines is 1. The zero-order chi connectivity index (χ0) is 13.0. The molecule has 0 saturated carbocycles. The summed E-state index contributed by atoms with van der Waals surface area (Å²) in [7, 11) is 0. The highest BCUT2D eigenvalue weighted by molar-refractivity contribution is 5.87. The summed E-state index contributed by atoms with van der Waals surface area (Å²) in [5, 5.41) is 6.03. The second-order valence-corrected chi connectivity index (χ2v) is 4.66. The molecule has 0 aromatic carbocycles. The second-order valence-electron chi connectivity index (χ2n) is 4.66. The first-order valence-corrected chi connectivity index (χ1v) is 6.28. The monoisotopic (exact) mass is 249 g/mol. The first-order valence-electron chi connectivity index (χ1n) is 6.28. The molecule has 2 heterocycles. The van der Waals surface area contributed by atoms with Crippen LogP contribution in [0.25, 0.3) is 0 Å². The quantitative estimate of drug-likeness (QED) is 0.853. The maximum atomic E-state index is 11.0. The molecule has 2 atom stereocenters. The fourth-order valence-corrected chi connectivity index (χ4v) is 2.09. The van der Waals surface area contributed by atoms with Gasteiger partial charge in [0.1, 0.15) is 11.9 Å². The Hall–Kier alpha value is -1.62. The standard InChI is InChI=1S/C13H19N3O2/c1-9-8-11(6-7-14-9)18-13-5-3-4-12(16-13)15-10(2)17/h3-5,9,11,14H,6-8H2,1-2H3,(H,15,16,17)/t9-,11-/m0/s1. The molecular formula is C13H19N3O2. The molecular weight excluding hydrogens is 230 g/mol. The van der Waals surface area contributed by atoms with Crippen LogP contribution in [0.1, 0.15) is 26.7 Å². The minimum Gasteiger partial charge on any atom is -0.474 e. The molecule has 1 aliphatic rings. The number of ether oxygens (including phenoxy) is 1. The van der Waals surface area contributed by atoms with E-state index in [0.717, 1.165) is 19.4 Å². The predicted molar refractivity (Wildman–Crippen MR) is 69.7 cm³/mol. The van der Waals surface area contributed by atoms with E-state index in [1.54, 1.807) is 6.07 Å². The maximum Gasteiger partial charge on any atom is 0.222 e. The molecule has 1 aromatic heterocycles. The van der Waals surface area contributed by atoms with Crippen molar-refractivity contribution in [3.05, 3.63) is 18.2 Å². The van der Waals surface area contributed by atoms with Gasteiger partial charge in [0.15, 0.2) is 0 Å². The fourth-order valence-electron chi connectivity index (χ4n) is 2.09. The van der Waals surface area contributed by atoms with Crippen LogP contribution in [0.2, 0.25) is 0 Å². The summed E-state index contributed by atoms with van der Waals surface area (Å²) >= 11 is 0. The van der Waals surface area contributed by atoms with Gasteiger partial charge in [0.25, 0.3) is 0 Å². The lowest BCUT2D eigenvalue weighted by atomic mass is 10.0. The van der Waals surface area contributed by atoms with Crippen LogP contribution in [0.4, 0.5) is 5.82 Å². The van der Waals surface area contributed by atoms with Crippen molar-refractivity contribution in [2.24, 2.45) is 0 Å². The van der Waals surface area contributed by atoms with E-state index in [1.165, 1.54) is 6.92 Å². The Morgan fingerprint density at radius 1 is 1.56 bits per heavy atom. The molecule has 2 rings (SSSR count). The van der Waals surface area contributed by atoms with Gasteiger partial charge in [-0.15, -0.1) is 0 Å². The SMILES string of the molecule is CC(=O)Nc1cccc(O[C@H]2CCN[C@@H](C)C2)n1. The third-order valence-corrected chi connectivity index (χ3v) is 2.89. The van der Waals surface area contributed by atoms with Crippen LogP contribution in [-0.2, 0) is 4.79 Å². The van der Waals surface area contributed by atoms with Gasteiger partial charge in [-0.05, 0) is 32.4 Å². The third kappa shape index (κ3) is 3.70. The minimum atomic E-state index is -0.130. The van der Waals surface area contributed by atoms with Crippen molar-refractivity contribution in [3.8, 4) is 5.88 Å². The number of hydrogen-bond donors (Lipinski definition) is 2. The van der Waals surface area contributed by atoms with Crippen molar-refractivity contribution >= 4 is 11.7 Å². The van der Waals surface area contributed by atoms with Gasteiger partial charge in [0.05, 0.1) is 0 Å². The van der Waals surface area contributed by atoms with Crippen LogP contribution >= 0.6 is 0 Å². The van der Waals surface area contributed by atoms with Crippen LogP contribution in [0.3, 0.4) is 0 Å². The van der Waals surface area contributed by atoms with Crippen molar-refractivity contribution in [3.63, 3.8) is 0 Å². The molecule has 5 nitrogen and oxygen atoms in total. The van der Waals surface area contributed by atoms with Gasteiger partial charge in [-0.1, -0.05) is 6.07 Å². The topological polar surface area (TPSA) is 63.2 Å². The Morgan fingerprint density at radius 3 is 3.11 bits per heavy atom. The van der Waals surface area contributed by atoms with Gasteiger partial charge in [-0.25, -0.2) is 0 Å². The largest absolute Gasteiger partial charge is 0.474 e. The lowest BCUT2D eigenvalue weighted by Crippen LogP contribution is -2.40. The fraction of sp³-hybridized carbons (Fsp3) is 0.538. The van der Waals surface area contributed by atoms with Crippen LogP contribution in [-0.4, -0.2) is 29.6 Å². The van der Waals surface area contributed by atoms with Gasteiger partial charge in [-0.2, -0.15) is 4.98 Å². The van der Waals surface area contributed by atoms with Gasteiger partial charge < -0.3 is 15.4 Å². The van der Waals surface area contributed by atoms with E-state index in [-0.39, 0.29) is 12.0 Å². The van der Waals surface area contributed by atoms with E-state index < -0.39 is 0 Å². The molecule has 0 spiro atoms. The summed E-state index contributed by atoms with van der Waals surface area (Å²) in [5.74, 6) is 0.970. The summed E-state index contributed by atoms with van der Waals surface area (Å²) in [6.45, 7) is 4.58. The number of amides is 1. The smallest absolute Gasteiger partial charge is 0.222 e. The lowest BCUT2D eigenvalue weighted by molar-refractivity contribution is -0.114. The second kappa shape index (κ2) is 5.82. The zero-order valence-electron chi connectivity index (χ0n) is 10.8. The van der Waals surface area contributed by atoms with Crippen molar-refractivity contribution < 1.29 is 9.53 Å². The molecule has 1 fully saturated rings. The Morgan fingerprint density at radius 2 is 2.39 bits per heavy atom. The Balaban J connectivity index is 1.98. The maximum absolute atomic E-state index is 11.0. The number of carbonyl (C=O) groups is 1. The Bertz CT molecular complexity index is 422. The van der Waals surface area contributed by atoms with E-state index in [4.69, 9.17) is 4.74 Å². The minimum absolute atomic E-state index is 0.130. The van der Waals surface area contributed by atoms with E-state index in [1.807, 2.05) is 12.1 Å². The Kier molecular flexibility index (Phi) is 4.15. The summed E-state index contributed by atoms with van der Waals surface area (Å²) in [6.07, 6.45) is 2.16. The molecule has 98 valence electrons. The molecule has 0 bridgehead atoms. The van der Waals surface area contributed by atoms with Gasteiger partial charge in [0.2, 0.25) is 11.8 Å². The van der Waals surface area contributed by atoms with Crippen molar-refractivity contribution in [2.75, 3.05) is 11.9 Å². The van der Waals surface area contributed by atoms with E-state index in [9.17, 15) is 4.79 Å². The number of pyridine rings is 1. The zero-order valence-corrected chi connectivity index (χ0v) is 10.8. The molecule has 0 aliphatic carbocycles. The summed E-state index contributed by atoms with van der Waals surface area (Å²) < 4.78 is 5.85. The highest BCUT2D eigenvalue weighted by Crippen LogP contribution is 2.18. The number of rotatable bonds is 3. The average Bonchev–Trinajstić information content (AvgIpc) is 2.28. The van der Waals surface area contributed by atoms with E-state index >= 15 is 0 Å². The van der Waals surface area contributed by atoms with Crippen LogP contribution in [0.5, 0.6) is 5.88 Å². The molecule has 2 N–H and O–H groups in total. The van der Waals surface area contributed by atoms with Crippen molar-refractivity contribution in [1.29, 1.82) is 0 Å². The molecule has 18 heavy (non-hydrogen) atoms. The number of carbonyl (C=O) groups excluding carboxylic acids is 1. The molecule has 5 heteroatoms. The number of piperidine rings is 1. The first kappa shape index (κ1) is 12.8. The first-order chi connectivity index (χ1) is 8.63. The highest BCUT2D eigenvalue weighted by atomic mass is 16.5. The van der Waals surface area contributed by atoms with Gasteiger partial charge in [-0.3, -0.25) is 4.79 Å². The van der Waals surface area contributed by atoms with Crippen LogP contribution < -0.4 is 15.4 Å². The molecule has 1 amide bonds. The van der Waals surface area contributed by atoms with Crippen LogP contribution in [0, 0.1) is 0 Å². The van der Waals surface area contributed by atoms with E-state index in [0.29, 0.717) is 17.7 Å². The number of hydrogen-bond acceptors (Lipinski definition) is 4. The molecule has 1 aliphatic heterocycles. The Labute approximate surface area is 107 Å².